The van der Waals surface area contributed by atoms with Crippen molar-refractivity contribution in [2.45, 2.75) is 6.92 Å². The average molecular weight is 272 g/mol. The lowest BCUT2D eigenvalue weighted by atomic mass is 10.2. The molecule has 17 heavy (non-hydrogen) atoms. The summed E-state index contributed by atoms with van der Waals surface area (Å²) in [4.78, 5) is 10.4. The summed E-state index contributed by atoms with van der Waals surface area (Å²) in [7, 11) is 0. The highest BCUT2D eigenvalue weighted by atomic mass is 35.5. The molecule has 0 aromatic heterocycles. The SMILES string of the molecule is CC(/C=C\c1ccc(Cl)c(Cl)c1)=N\NC(N)=O. The van der Waals surface area contributed by atoms with E-state index in [9.17, 15) is 4.79 Å². The minimum atomic E-state index is -0.702. The minimum absolute atomic E-state index is 0.485. The third-order valence-corrected chi connectivity index (χ3v) is 2.54. The van der Waals surface area contributed by atoms with Crippen LogP contribution in [0.4, 0.5) is 4.79 Å². The van der Waals surface area contributed by atoms with Crippen LogP contribution < -0.4 is 11.2 Å². The van der Waals surface area contributed by atoms with E-state index in [0.717, 1.165) is 5.56 Å². The lowest BCUT2D eigenvalue weighted by molar-refractivity contribution is 0.249. The minimum Gasteiger partial charge on any atom is -0.350 e. The van der Waals surface area contributed by atoms with Gasteiger partial charge < -0.3 is 5.73 Å². The molecule has 0 heterocycles. The summed E-state index contributed by atoms with van der Waals surface area (Å²) in [6.07, 6.45) is 3.51. The first kappa shape index (κ1) is 13.5. The molecule has 90 valence electrons. The predicted octanol–water partition coefficient (Wildman–Crippen LogP) is 3.05. The van der Waals surface area contributed by atoms with Gasteiger partial charge in [0, 0.05) is 0 Å². The van der Waals surface area contributed by atoms with Gasteiger partial charge in [-0.05, 0) is 30.7 Å². The Hall–Kier alpha value is -1.52. The maximum Gasteiger partial charge on any atom is 0.332 e. The molecule has 0 aliphatic carbocycles. The Morgan fingerprint density at radius 2 is 2.12 bits per heavy atom. The van der Waals surface area contributed by atoms with E-state index in [1.54, 1.807) is 31.2 Å². The molecule has 3 N–H and O–H groups in total. The topological polar surface area (TPSA) is 67.5 Å². The van der Waals surface area contributed by atoms with Crippen molar-refractivity contribution in [2.75, 3.05) is 0 Å². The van der Waals surface area contributed by atoms with Crippen LogP contribution in [-0.4, -0.2) is 11.7 Å². The summed E-state index contributed by atoms with van der Waals surface area (Å²) in [6, 6.07) is 4.55. The van der Waals surface area contributed by atoms with Crippen molar-refractivity contribution in [2.24, 2.45) is 10.8 Å². The van der Waals surface area contributed by atoms with Crippen LogP contribution in [0.1, 0.15) is 12.5 Å². The molecule has 0 unspecified atom stereocenters. The van der Waals surface area contributed by atoms with Gasteiger partial charge >= 0.3 is 6.03 Å². The number of primary amides is 1. The molecule has 0 aliphatic heterocycles. The zero-order chi connectivity index (χ0) is 12.8. The van der Waals surface area contributed by atoms with E-state index in [1.807, 2.05) is 6.07 Å². The second-order valence-electron chi connectivity index (χ2n) is 3.24. The molecule has 0 saturated heterocycles. The smallest absolute Gasteiger partial charge is 0.332 e. The number of carbonyl (C=O) groups is 1. The number of carbonyl (C=O) groups excluding carboxylic acids is 1. The van der Waals surface area contributed by atoms with Crippen LogP contribution >= 0.6 is 23.2 Å². The number of urea groups is 1. The van der Waals surface area contributed by atoms with Gasteiger partial charge in [0.25, 0.3) is 0 Å². The number of benzene rings is 1. The largest absolute Gasteiger partial charge is 0.350 e. The van der Waals surface area contributed by atoms with Crippen molar-refractivity contribution in [1.29, 1.82) is 0 Å². The van der Waals surface area contributed by atoms with Gasteiger partial charge in [0.2, 0.25) is 0 Å². The standard InChI is InChI=1S/C11H11Cl2N3O/c1-7(15-16-11(14)17)2-3-8-4-5-9(12)10(13)6-8/h2-6H,1H3,(H3,14,16,17)/b3-2-,15-7+. The highest BCUT2D eigenvalue weighted by Gasteiger charge is 1.96. The van der Waals surface area contributed by atoms with Gasteiger partial charge in [0.15, 0.2) is 0 Å². The lowest BCUT2D eigenvalue weighted by Crippen LogP contribution is -2.25. The fourth-order valence-corrected chi connectivity index (χ4v) is 1.32. The summed E-state index contributed by atoms with van der Waals surface area (Å²) >= 11 is 11.6. The van der Waals surface area contributed by atoms with Gasteiger partial charge in [0.1, 0.15) is 0 Å². The zero-order valence-electron chi connectivity index (χ0n) is 9.08. The Morgan fingerprint density at radius 1 is 1.41 bits per heavy atom. The number of allylic oxidation sites excluding steroid dienone is 1. The number of rotatable bonds is 3. The van der Waals surface area contributed by atoms with E-state index in [0.29, 0.717) is 15.8 Å². The Bertz CT molecular complexity index is 484. The maximum absolute atomic E-state index is 10.4. The van der Waals surface area contributed by atoms with Gasteiger partial charge in [-0.1, -0.05) is 35.3 Å². The molecule has 0 bridgehead atoms. The van der Waals surface area contributed by atoms with E-state index in [1.165, 1.54) is 0 Å². The van der Waals surface area contributed by atoms with Crippen LogP contribution in [0.3, 0.4) is 0 Å². The van der Waals surface area contributed by atoms with E-state index >= 15 is 0 Å². The van der Waals surface area contributed by atoms with Crippen molar-refractivity contribution in [3.63, 3.8) is 0 Å². The summed E-state index contributed by atoms with van der Waals surface area (Å²) in [5.41, 5.74) is 8.49. The number of halogens is 2. The number of nitrogens with two attached hydrogens (primary N) is 1. The van der Waals surface area contributed by atoms with E-state index < -0.39 is 6.03 Å². The number of hydrogen-bond acceptors (Lipinski definition) is 2. The normalized spacial score (nSPS) is 11.8. The average Bonchev–Trinajstić information content (AvgIpc) is 2.28. The summed E-state index contributed by atoms with van der Waals surface area (Å²) in [5, 5.41) is 4.71. The third kappa shape index (κ3) is 4.89. The number of hydrazone groups is 1. The first-order valence-corrected chi connectivity index (χ1v) is 5.47. The quantitative estimate of drug-likeness (QED) is 0.644. The van der Waals surface area contributed by atoms with Crippen LogP contribution in [0.5, 0.6) is 0 Å². The second-order valence-corrected chi connectivity index (χ2v) is 4.05. The fraction of sp³-hybridized carbons (Fsp3) is 0.0909. The van der Waals surface area contributed by atoms with Gasteiger partial charge in [0.05, 0.1) is 15.8 Å². The molecule has 4 nitrogen and oxygen atoms in total. The van der Waals surface area contributed by atoms with Crippen LogP contribution in [0.15, 0.2) is 29.4 Å². The number of nitrogens with zero attached hydrogens (tertiary/aromatic N) is 1. The molecule has 0 saturated carbocycles. The third-order valence-electron chi connectivity index (χ3n) is 1.80. The van der Waals surface area contributed by atoms with E-state index in [2.05, 4.69) is 10.5 Å². The van der Waals surface area contributed by atoms with Crippen molar-refractivity contribution in [3.05, 3.63) is 39.9 Å². The molecule has 2 amide bonds. The lowest BCUT2D eigenvalue weighted by Gasteiger charge is -1.98. The Balaban J connectivity index is 2.73. The van der Waals surface area contributed by atoms with Crippen molar-refractivity contribution >= 4 is 41.0 Å². The van der Waals surface area contributed by atoms with Gasteiger partial charge in [-0.3, -0.25) is 0 Å². The van der Waals surface area contributed by atoms with Crippen molar-refractivity contribution in [1.82, 2.24) is 5.43 Å². The molecule has 1 rings (SSSR count). The van der Waals surface area contributed by atoms with E-state index in [-0.39, 0.29) is 0 Å². The van der Waals surface area contributed by atoms with Crippen LogP contribution in [-0.2, 0) is 0 Å². The zero-order valence-corrected chi connectivity index (χ0v) is 10.6. The van der Waals surface area contributed by atoms with Crippen LogP contribution in [0, 0.1) is 0 Å². The molecule has 1 aromatic rings. The van der Waals surface area contributed by atoms with Gasteiger partial charge in [-0.25, -0.2) is 10.2 Å². The Labute approximate surface area is 109 Å². The first-order valence-electron chi connectivity index (χ1n) is 4.72. The van der Waals surface area contributed by atoms with E-state index in [4.69, 9.17) is 28.9 Å². The summed E-state index contributed by atoms with van der Waals surface area (Å²) in [5.74, 6) is 0. The number of nitrogens with one attached hydrogen (secondary N) is 1. The highest BCUT2D eigenvalue weighted by Crippen LogP contribution is 2.23. The van der Waals surface area contributed by atoms with Gasteiger partial charge in [-0.2, -0.15) is 5.10 Å². The molecular formula is C11H11Cl2N3O. The number of hydrogen-bond donors (Lipinski definition) is 2. The van der Waals surface area contributed by atoms with Crippen molar-refractivity contribution < 1.29 is 4.79 Å². The number of amides is 2. The first-order chi connectivity index (χ1) is 7.99. The highest BCUT2D eigenvalue weighted by molar-refractivity contribution is 6.42. The molecule has 0 spiro atoms. The Kier molecular flexibility index (Phi) is 5.00. The molecule has 0 radical (unpaired) electrons. The van der Waals surface area contributed by atoms with Gasteiger partial charge in [-0.15, -0.1) is 0 Å². The predicted molar refractivity (Wildman–Crippen MR) is 71.3 cm³/mol. The molecule has 0 fully saturated rings. The monoisotopic (exact) mass is 271 g/mol. The molecule has 6 heteroatoms. The fourth-order valence-electron chi connectivity index (χ4n) is 1.01. The molecular weight excluding hydrogens is 261 g/mol. The van der Waals surface area contributed by atoms with Crippen LogP contribution in [0.25, 0.3) is 6.08 Å². The maximum atomic E-state index is 10.4. The summed E-state index contributed by atoms with van der Waals surface area (Å²) < 4.78 is 0. The van der Waals surface area contributed by atoms with Crippen molar-refractivity contribution in [3.8, 4) is 0 Å². The molecule has 0 atom stereocenters. The second kappa shape index (κ2) is 6.27. The Morgan fingerprint density at radius 3 is 2.71 bits per heavy atom. The molecule has 0 aliphatic rings. The molecule has 1 aromatic carbocycles. The summed E-state index contributed by atoms with van der Waals surface area (Å²) in [6.45, 7) is 1.73. The van der Waals surface area contributed by atoms with Crippen LogP contribution in [0.2, 0.25) is 10.0 Å².